The van der Waals surface area contributed by atoms with Crippen molar-refractivity contribution in [2.45, 2.75) is 24.4 Å². The highest BCUT2D eigenvalue weighted by atomic mass is 16.4. The van der Waals surface area contributed by atoms with E-state index in [1.54, 1.807) is 0 Å². The number of hydrogen-bond donors (Lipinski definition) is 7. The van der Waals surface area contributed by atoms with Gasteiger partial charge in [-0.2, -0.15) is 0 Å². The minimum Gasteiger partial charge on any atom is -0.387 e. The van der Waals surface area contributed by atoms with Gasteiger partial charge in [-0.25, -0.2) is 0 Å². The van der Waals surface area contributed by atoms with Gasteiger partial charge in [-0.3, -0.25) is 9.59 Å². The number of nitrogens with zero attached hydrogens (tertiary/aromatic N) is 1. The number of primary amides is 1. The van der Waals surface area contributed by atoms with Crippen LogP contribution in [0, 0.1) is 0 Å². The van der Waals surface area contributed by atoms with Crippen molar-refractivity contribution in [2.24, 2.45) is 17.2 Å². The van der Waals surface area contributed by atoms with Crippen molar-refractivity contribution in [3.05, 3.63) is 0 Å². The molecule has 0 rings (SSSR count). The third-order valence-electron chi connectivity index (χ3n) is 2.65. The van der Waals surface area contributed by atoms with Gasteiger partial charge in [0.15, 0.2) is 12.2 Å². The summed E-state index contributed by atoms with van der Waals surface area (Å²) >= 11 is 0. The predicted molar refractivity (Wildman–Crippen MR) is 67.9 cm³/mol. The predicted octanol–water partition coefficient (Wildman–Crippen LogP) is -5.34. The fourth-order valence-electron chi connectivity index (χ4n) is 1.52. The fourth-order valence-corrected chi connectivity index (χ4v) is 1.52. The highest BCUT2D eigenvalue weighted by molar-refractivity contribution is 5.82. The van der Waals surface area contributed by atoms with E-state index in [1.807, 2.05) is 0 Å². The first-order chi connectivity index (χ1) is 9.27. The third kappa shape index (κ3) is 5.00. The lowest BCUT2D eigenvalue weighted by molar-refractivity contribution is -0.160. The van der Waals surface area contributed by atoms with Gasteiger partial charge in [-0.05, 0) is 0 Å². The Morgan fingerprint density at radius 3 is 1.65 bits per heavy atom. The van der Waals surface area contributed by atoms with E-state index < -0.39 is 36.2 Å². The van der Waals surface area contributed by atoms with Gasteiger partial charge < -0.3 is 42.5 Å². The molecule has 0 aromatic carbocycles. The van der Waals surface area contributed by atoms with Crippen LogP contribution in [0.25, 0.3) is 0 Å². The summed E-state index contributed by atoms with van der Waals surface area (Å²) in [6, 6.07) is 0. The van der Waals surface area contributed by atoms with E-state index >= 15 is 0 Å². The van der Waals surface area contributed by atoms with Crippen LogP contribution >= 0.6 is 0 Å². The molecule has 10 heteroatoms. The molecule has 0 aromatic heterocycles. The summed E-state index contributed by atoms with van der Waals surface area (Å²) in [5, 5.41) is 37.9. The van der Waals surface area contributed by atoms with Crippen LogP contribution < -0.4 is 17.2 Å². The molecule has 4 atom stereocenters. The van der Waals surface area contributed by atoms with E-state index in [4.69, 9.17) is 17.2 Å². The molecule has 0 spiro atoms. The molecular weight excluding hydrogens is 272 g/mol. The van der Waals surface area contributed by atoms with Crippen LogP contribution in [0.4, 0.5) is 0 Å². The molecule has 20 heavy (non-hydrogen) atoms. The number of hydrogen-bond acceptors (Lipinski definition) is 8. The Bertz CT molecular complexity index is 323. The monoisotopic (exact) mass is 294 g/mol. The first-order valence-corrected chi connectivity index (χ1v) is 5.98. The Morgan fingerprint density at radius 1 is 0.900 bits per heavy atom. The molecule has 118 valence electrons. The van der Waals surface area contributed by atoms with E-state index in [9.17, 15) is 30.0 Å². The second-order valence-electron chi connectivity index (χ2n) is 4.18. The van der Waals surface area contributed by atoms with E-state index in [0.717, 1.165) is 4.90 Å². The van der Waals surface area contributed by atoms with Crippen LogP contribution in [-0.2, 0) is 9.59 Å². The largest absolute Gasteiger partial charge is 0.387 e. The average molecular weight is 294 g/mol. The summed E-state index contributed by atoms with van der Waals surface area (Å²) in [4.78, 5) is 23.6. The van der Waals surface area contributed by atoms with Gasteiger partial charge >= 0.3 is 0 Å². The highest BCUT2D eigenvalue weighted by Crippen LogP contribution is 2.08. The molecule has 10 nitrogen and oxygen atoms in total. The standard InChI is InChI=1S/C10H22N4O6/c11-1-3-14(4-2-12)10(20)8(18)6(16)5(15)7(17)9(13)19/h5-8,15-18H,1-4,11-12H2,(H2,13,19)/t5-,6-,7-,8+/m0/s1. The highest BCUT2D eigenvalue weighted by Gasteiger charge is 2.37. The van der Waals surface area contributed by atoms with Crippen molar-refractivity contribution < 1.29 is 30.0 Å². The van der Waals surface area contributed by atoms with Gasteiger partial charge in [0.1, 0.15) is 12.2 Å². The number of nitrogens with two attached hydrogens (primary N) is 3. The summed E-state index contributed by atoms with van der Waals surface area (Å²) in [5.41, 5.74) is 15.3. The van der Waals surface area contributed by atoms with Crippen LogP contribution in [0.3, 0.4) is 0 Å². The average Bonchev–Trinajstić information content (AvgIpc) is 2.42. The molecule has 0 heterocycles. The number of aliphatic hydroxyl groups excluding tert-OH is 4. The lowest BCUT2D eigenvalue weighted by Gasteiger charge is -2.29. The van der Waals surface area contributed by atoms with Crippen LogP contribution in [0.15, 0.2) is 0 Å². The zero-order valence-electron chi connectivity index (χ0n) is 10.9. The molecule has 0 unspecified atom stereocenters. The quantitative estimate of drug-likeness (QED) is 0.219. The molecule has 0 aliphatic heterocycles. The lowest BCUT2D eigenvalue weighted by atomic mass is 10.0. The van der Waals surface area contributed by atoms with E-state index in [-0.39, 0.29) is 26.2 Å². The smallest absolute Gasteiger partial charge is 0.254 e. The maximum absolute atomic E-state index is 11.9. The Morgan fingerprint density at radius 2 is 1.30 bits per heavy atom. The van der Waals surface area contributed by atoms with Gasteiger partial charge in [0.2, 0.25) is 5.91 Å². The molecule has 0 aliphatic rings. The topological polar surface area (TPSA) is 196 Å². The van der Waals surface area contributed by atoms with Crippen LogP contribution in [0.5, 0.6) is 0 Å². The number of aliphatic hydroxyl groups is 4. The Kier molecular flexibility index (Phi) is 8.22. The molecule has 0 bridgehead atoms. The molecule has 2 amide bonds. The SMILES string of the molecule is NCCN(CCN)C(=O)[C@H](O)[C@@H](O)[C@H](O)[C@H](O)C(N)=O. The molecular formula is C10H22N4O6. The lowest BCUT2D eigenvalue weighted by Crippen LogP contribution is -2.55. The molecule has 10 N–H and O–H groups in total. The van der Waals surface area contributed by atoms with Crippen molar-refractivity contribution >= 4 is 11.8 Å². The first kappa shape index (κ1) is 18.7. The van der Waals surface area contributed by atoms with Crippen molar-refractivity contribution in [3.63, 3.8) is 0 Å². The summed E-state index contributed by atoms with van der Waals surface area (Å²) in [6.07, 6.45) is -8.32. The van der Waals surface area contributed by atoms with Crippen molar-refractivity contribution in [1.82, 2.24) is 4.90 Å². The van der Waals surface area contributed by atoms with E-state index in [1.165, 1.54) is 0 Å². The number of carbonyl (C=O) groups is 2. The summed E-state index contributed by atoms with van der Waals surface area (Å²) in [7, 11) is 0. The van der Waals surface area contributed by atoms with E-state index in [0.29, 0.717) is 0 Å². The molecule has 0 aromatic rings. The second kappa shape index (κ2) is 8.79. The Labute approximate surface area is 115 Å². The van der Waals surface area contributed by atoms with Crippen LogP contribution in [-0.4, -0.2) is 87.7 Å². The minimum absolute atomic E-state index is 0.0915. The maximum Gasteiger partial charge on any atom is 0.254 e. The molecule has 0 radical (unpaired) electrons. The van der Waals surface area contributed by atoms with Gasteiger partial charge in [0.25, 0.3) is 5.91 Å². The molecule has 0 saturated carbocycles. The summed E-state index contributed by atoms with van der Waals surface area (Å²) in [5.74, 6) is -2.22. The zero-order chi connectivity index (χ0) is 15.9. The summed E-state index contributed by atoms with van der Waals surface area (Å²) in [6.45, 7) is 0.407. The zero-order valence-corrected chi connectivity index (χ0v) is 10.9. The number of amides is 2. The van der Waals surface area contributed by atoms with Crippen LogP contribution in [0.2, 0.25) is 0 Å². The number of rotatable bonds is 9. The number of carbonyl (C=O) groups excluding carboxylic acids is 2. The second-order valence-corrected chi connectivity index (χ2v) is 4.18. The summed E-state index contributed by atoms with van der Waals surface area (Å²) < 4.78 is 0. The van der Waals surface area contributed by atoms with Gasteiger partial charge in [-0.1, -0.05) is 0 Å². The fraction of sp³-hybridized carbons (Fsp3) is 0.800. The van der Waals surface area contributed by atoms with Crippen molar-refractivity contribution in [1.29, 1.82) is 0 Å². The molecule has 0 aliphatic carbocycles. The van der Waals surface area contributed by atoms with Gasteiger partial charge in [0, 0.05) is 26.2 Å². The van der Waals surface area contributed by atoms with E-state index in [2.05, 4.69) is 0 Å². The van der Waals surface area contributed by atoms with Crippen molar-refractivity contribution in [3.8, 4) is 0 Å². The van der Waals surface area contributed by atoms with Crippen molar-refractivity contribution in [2.75, 3.05) is 26.2 Å². The first-order valence-electron chi connectivity index (χ1n) is 5.98. The normalized spacial score (nSPS) is 17.1. The Hall–Kier alpha value is -1.30. The van der Waals surface area contributed by atoms with Gasteiger partial charge in [0.05, 0.1) is 0 Å². The molecule has 0 fully saturated rings. The molecule has 0 saturated heterocycles. The van der Waals surface area contributed by atoms with Gasteiger partial charge in [-0.15, -0.1) is 0 Å². The minimum atomic E-state index is -2.11. The third-order valence-corrected chi connectivity index (χ3v) is 2.65. The Balaban J connectivity index is 4.80. The van der Waals surface area contributed by atoms with Crippen LogP contribution in [0.1, 0.15) is 0 Å². The maximum atomic E-state index is 11.9.